The Morgan fingerprint density at radius 1 is 1.18 bits per heavy atom. The van der Waals surface area contributed by atoms with Crippen molar-refractivity contribution in [3.8, 4) is 0 Å². The molecule has 1 aliphatic heterocycles. The first kappa shape index (κ1) is 21.6. The Morgan fingerprint density at radius 3 is 2.67 bits per heavy atom. The van der Waals surface area contributed by atoms with Crippen LogP contribution in [0.25, 0.3) is 0 Å². The molecule has 33 heavy (non-hydrogen) atoms. The number of nitrogens with zero attached hydrogens (tertiary/aromatic N) is 3. The van der Waals surface area contributed by atoms with E-state index >= 15 is 0 Å². The molecular formula is C25H26N4O3S. The lowest BCUT2D eigenvalue weighted by molar-refractivity contribution is -0.134. The molecule has 2 aromatic heterocycles. The third-order valence-electron chi connectivity index (χ3n) is 5.83. The first-order valence-corrected chi connectivity index (χ1v) is 12.0. The van der Waals surface area contributed by atoms with Crippen molar-refractivity contribution in [2.24, 2.45) is 5.10 Å². The Kier molecular flexibility index (Phi) is 6.11. The van der Waals surface area contributed by atoms with E-state index in [-0.39, 0.29) is 24.4 Å². The van der Waals surface area contributed by atoms with Gasteiger partial charge in [-0.2, -0.15) is 5.10 Å². The molecule has 8 heteroatoms. The van der Waals surface area contributed by atoms with Crippen LogP contribution >= 0.6 is 11.3 Å². The number of amides is 2. The molecule has 7 nitrogen and oxygen atoms in total. The second-order valence-corrected chi connectivity index (χ2v) is 9.56. The molecule has 2 aliphatic rings. The van der Waals surface area contributed by atoms with Crippen LogP contribution in [0.5, 0.6) is 0 Å². The number of benzene rings is 1. The number of hydrazone groups is 1. The molecule has 3 heterocycles. The number of thiophene rings is 1. The Morgan fingerprint density at radius 2 is 2.00 bits per heavy atom. The third-order valence-corrected chi connectivity index (χ3v) is 6.75. The van der Waals surface area contributed by atoms with Gasteiger partial charge in [-0.3, -0.25) is 14.5 Å². The van der Waals surface area contributed by atoms with Crippen molar-refractivity contribution >= 4 is 28.9 Å². The number of furan rings is 1. The lowest BCUT2D eigenvalue weighted by atomic mass is 10.1. The van der Waals surface area contributed by atoms with E-state index in [0.717, 1.165) is 34.8 Å². The number of carbonyl (C=O) groups is 2. The highest BCUT2D eigenvalue weighted by Crippen LogP contribution is 2.34. The van der Waals surface area contributed by atoms with Crippen LogP contribution in [0.15, 0.2) is 69.7 Å². The van der Waals surface area contributed by atoms with Crippen LogP contribution in [0, 0.1) is 0 Å². The van der Waals surface area contributed by atoms with E-state index in [1.807, 2.05) is 65.9 Å². The minimum atomic E-state index is -0.234. The first-order chi connectivity index (χ1) is 16.1. The standard InChI is InChI=1S/C25H26N4O3S/c1-28(15-17-6-8-18(9-7-17)25(31)26-19-10-11-19)16-24(30)29-21(22-4-2-12-32-22)14-20(27-29)23-5-3-13-33-23/h2-9,12-13,19,21H,10-11,14-16H2,1H3,(H,26,31). The predicted octanol–water partition coefficient (Wildman–Crippen LogP) is 4.04. The molecule has 1 aliphatic carbocycles. The van der Waals surface area contributed by atoms with Gasteiger partial charge in [-0.1, -0.05) is 18.2 Å². The second-order valence-electron chi connectivity index (χ2n) is 8.61. The Bertz CT molecular complexity index is 1140. The van der Waals surface area contributed by atoms with Crippen molar-refractivity contribution < 1.29 is 14.0 Å². The smallest absolute Gasteiger partial charge is 0.257 e. The fourth-order valence-electron chi connectivity index (χ4n) is 3.96. The lowest BCUT2D eigenvalue weighted by Crippen LogP contribution is -2.36. The van der Waals surface area contributed by atoms with Gasteiger partial charge in [-0.25, -0.2) is 5.01 Å². The molecule has 0 bridgehead atoms. The summed E-state index contributed by atoms with van der Waals surface area (Å²) >= 11 is 1.62. The molecule has 1 fully saturated rings. The van der Waals surface area contributed by atoms with Gasteiger partial charge in [-0.05, 0) is 61.2 Å². The van der Waals surface area contributed by atoms with Gasteiger partial charge in [-0.15, -0.1) is 11.3 Å². The number of hydrogen-bond acceptors (Lipinski definition) is 6. The van der Waals surface area contributed by atoms with Crippen LogP contribution in [0.1, 0.15) is 51.9 Å². The number of likely N-dealkylation sites (N-methyl/N-ethyl adjacent to an activating group) is 1. The van der Waals surface area contributed by atoms with Crippen molar-refractivity contribution in [1.29, 1.82) is 0 Å². The Balaban J connectivity index is 1.23. The van der Waals surface area contributed by atoms with Gasteiger partial charge in [0.05, 0.1) is 23.4 Å². The van der Waals surface area contributed by atoms with E-state index in [0.29, 0.717) is 24.6 Å². The number of nitrogens with one attached hydrogen (secondary N) is 1. The summed E-state index contributed by atoms with van der Waals surface area (Å²) in [6.07, 6.45) is 4.40. The highest BCUT2D eigenvalue weighted by molar-refractivity contribution is 7.12. The summed E-state index contributed by atoms with van der Waals surface area (Å²) in [5.41, 5.74) is 2.61. The van der Waals surface area contributed by atoms with E-state index in [4.69, 9.17) is 4.42 Å². The van der Waals surface area contributed by atoms with Crippen LogP contribution in [0.2, 0.25) is 0 Å². The number of hydrogen-bond donors (Lipinski definition) is 1. The average molecular weight is 463 g/mol. The molecule has 2 amide bonds. The molecule has 1 atom stereocenters. The molecule has 1 saturated carbocycles. The van der Waals surface area contributed by atoms with Gasteiger partial charge in [0.25, 0.3) is 11.8 Å². The van der Waals surface area contributed by atoms with Gasteiger partial charge in [0, 0.05) is 24.6 Å². The summed E-state index contributed by atoms with van der Waals surface area (Å²) in [6.45, 7) is 0.819. The zero-order chi connectivity index (χ0) is 22.8. The molecule has 1 unspecified atom stereocenters. The molecule has 1 aromatic carbocycles. The Labute approximate surface area is 196 Å². The van der Waals surface area contributed by atoms with Crippen molar-refractivity contribution in [2.75, 3.05) is 13.6 Å². The number of carbonyl (C=O) groups excluding carboxylic acids is 2. The van der Waals surface area contributed by atoms with Crippen molar-refractivity contribution in [2.45, 2.75) is 37.9 Å². The van der Waals surface area contributed by atoms with E-state index in [2.05, 4.69) is 10.4 Å². The van der Waals surface area contributed by atoms with Crippen LogP contribution in [0.3, 0.4) is 0 Å². The summed E-state index contributed by atoms with van der Waals surface area (Å²) in [7, 11) is 1.91. The van der Waals surface area contributed by atoms with Gasteiger partial charge in [0.15, 0.2) is 0 Å². The van der Waals surface area contributed by atoms with E-state index in [1.165, 1.54) is 0 Å². The van der Waals surface area contributed by atoms with E-state index in [1.54, 1.807) is 22.6 Å². The minimum Gasteiger partial charge on any atom is -0.467 e. The summed E-state index contributed by atoms with van der Waals surface area (Å²) in [6, 6.07) is 15.4. The highest BCUT2D eigenvalue weighted by atomic mass is 32.1. The number of rotatable bonds is 8. The molecule has 0 radical (unpaired) electrons. The summed E-state index contributed by atoms with van der Waals surface area (Å²) in [5, 5.41) is 11.2. The normalized spacial score (nSPS) is 17.9. The maximum atomic E-state index is 13.2. The maximum Gasteiger partial charge on any atom is 0.257 e. The van der Waals surface area contributed by atoms with Gasteiger partial charge in [0.1, 0.15) is 11.8 Å². The summed E-state index contributed by atoms with van der Waals surface area (Å²) in [5.74, 6) is 0.636. The average Bonchev–Trinajstić information content (AvgIpc) is 3.26. The zero-order valence-electron chi connectivity index (χ0n) is 18.4. The highest BCUT2D eigenvalue weighted by Gasteiger charge is 2.35. The summed E-state index contributed by atoms with van der Waals surface area (Å²) in [4.78, 5) is 28.4. The monoisotopic (exact) mass is 462 g/mol. The van der Waals surface area contributed by atoms with Crippen molar-refractivity contribution in [3.63, 3.8) is 0 Å². The van der Waals surface area contributed by atoms with E-state index in [9.17, 15) is 9.59 Å². The van der Waals surface area contributed by atoms with Gasteiger partial charge in [0.2, 0.25) is 0 Å². The largest absolute Gasteiger partial charge is 0.467 e. The SMILES string of the molecule is CN(CC(=O)N1N=C(c2cccs2)CC1c1ccco1)Cc1ccc(C(=O)NC2CC2)cc1. The second kappa shape index (κ2) is 9.33. The maximum absolute atomic E-state index is 13.2. The predicted molar refractivity (Wildman–Crippen MR) is 127 cm³/mol. The van der Waals surface area contributed by atoms with Crippen molar-refractivity contribution in [3.05, 3.63) is 81.9 Å². The molecule has 170 valence electrons. The topological polar surface area (TPSA) is 78.2 Å². The molecule has 5 rings (SSSR count). The van der Waals surface area contributed by atoms with E-state index < -0.39 is 0 Å². The molecule has 3 aromatic rings. The summed E-state index contributed by atoms with van der Waals surface area (Å²) < 4.78 is 5.61. The molecule has 0 saturated heterocycles. The van der Waals surface area contributed by atoms with Gasteiger partial charge >= 0.3 is 0 Å². The zero-order valence-corrected chi connectivity index (χ0v) is 19.3. The first-order valence-electron chi connectivity index (χ1n) is 11.1. The quantitative estimate of drug-likeness (QED) is 0.548. The fourth-order valence-corrected chi connectivity index (χ4v) is 4.68. The van der Waals surface area contributed by atoms with Gasteiger partial charge < -0.3 is 9.73 Å². The minimum absolute atomic E-state index is 0.0232. The van der Waals surface area contributed by atoms with Crippen molar-refractivity contribution in [1.82, 2.24) is 15.2 Å². The third kappa shape index (κ3) is 5.07. The van der Waals surface area contributed by atoms with Crippen LogP contribution in [-0.4, -0.2) is 47.1 Å². The molecular weight excluding hydrogens is 436 g/mol. The van der Waals surface area contributed by atoms with Crippen LogP contribution in [0.4, 0.5) is 0 Å². The fraction of sp³-hybridized carbons (Fsp3) is 0.320. The molecule has 1 N–H and O–H groups in total. The van der Waals surface area contributed by atoms with Crippen LogP contribution in [-0.2, 0) is 11.3 Å². The Hall–Kier alpha value is -3.23. The molecule has 0 spiro atoms. The van der Waals surface area contributed by atoms with Crippen LogP contribution < -0.4 is 5.32 Å². The lowest BCUT2D eigenvalue weighted by Gasteiger charge is -2.23.